The quantitative estimate of drug-likeness (QED) is 0.390. The molecule has 0 fully saturated rings. The van der Waals surface area contributed by atoms with Crippen molar-refractivity contribution in [3.63, 3.8) is 0 Å². The maximum Gasteiger partial charge on any atom is 0.191 e. The van der Waals surface area contributed by atoms with E-state index in [1.807, 2.05) is 90.1 Å². The highest BCUT2D eigenvalue weighted by molar-refractivity contribution is 6.15. The minimum atomic E-state index is -0.432. The van der Waals surface area contributed by atoms with E-state index in [4.69, 9.17) is 0 Å². The summed E-state index contributed by atoms with van der Waals surface area (Å²) in [4.78, 5) is 29.6. The van der Waals surface area contributed by atoms with Crippen molar-refractivity contribution >= 4 is 11.6 Å². The van der Waals surface area contributed by atoms with Crippen LogP contribution in [0, 0.1) is 13.8 Å². The molecule has 0 N–H and O–H groups in total. The maximum absolute atomic E-state index is 13.8. The van der Waals surface area contributed by atoms with Crippen LogP contribution in [0.3, 0.4) is 0 Å². The van der Waals surface area contributed by atoms with Crippen LogP contribution in [0.25, 0.3) is 0 Å². The SMILES string of the molecule is CCCN1C=C(C(=O)c2ccccc2)C(c2cccc(C)c2C)C(C(=O)c2ccccc2)=C1. The Labute approximate surface area is 196 Å². The zero-order valence-electron chi connectivity index (χ0n) is 19.4. The van der Waals surface area contributed by atoms with E-state index in [0.717, 1.165) is 29.7 Å². The lowest BCUT2D eigenvalue weighted by molar-refractivity contribution is 0.101. The van der Waals surface area contributed by atoms with Crippen LogP contribution in [0.15, 0.2) is 102 Å². The number of carbonyl (C=O) groups is 2. The number of benzene rings is 3. The van der Waals surface area contributed by atoms with E-state index in [9.17, 15) is 9.59 Å². The molecule has 0 amide bonds. The number of rotatable bonds is 7. The molecular formula is C30H29NO2. The minimum Gasteiger partial charge on any atom is -0.353 e. The molecule has 166 valence electrons. The predicted octanol–water partition coefficient (Wildman–Crippen LogP) is 6.65. The number of Topliss-reactive ketones (excluding diaryl/α,β-unsaturated/α-hetero) is 2. The average molecular weight is 436 g/mol. The Morgan fingerprint density at radius 2 is 1.24 bits per heavy atom. The highest BCUT2D eigenvalue weighted by atomic mass is 16.1. The zero-order valence-corrected chi connectivity index (χ0v) is 19.4. The number of hydrogen-bond donors (Lipinski definition) is 0. The first kappa shape index (κ1) is 22.5. The van der Waals surface area contributed by atoms with Gasteiger partial charge in [0.1, 0.15) is 0 Å². The molecule has 0 aromatic heterocycles. The molecular weight excluding hydrogens is 406 g/mol. The average Bonchev–Trinajstić information content (AvgIpc) is 2.86. The smallest absolute Gasteiger partial charge is 0.191 e. The Kier molecular flexibility index (Phi) is 6.69. The molecule has 0 radical (unpaired) electrons. The molecule has 1 aliphatic heterocycles. The van der Waals surface area contributed by atoms with Crippen molar-refractivity contribution < 1.29 is 9.59 Å². The van der Waals surface area contributed by atoms with Crippen LogP contribution >= 0.6 is 0 Å². The van der Waals surface area contributed by atoms with E-state index in [1.54, 1.807) is 0 Å². The van der Waals surface area contributed by atoms with E-state index in [-0.39, 0.29) is 11.6 Å². The van der Waals surface area contributed by atoms with Crippen LogP contribution in [0.1, 0.15) is 56.7 Å². The number of hydrogen-bond acceptors (Lipinski definition) is 3. The van der Waals surface area contributed by atoms with Gasteiger partial charge in [-0.15, -0.1) is 0 Å². The topological polar surface area (TPSA) is 37.4 Å². The van der Waals surface area contributed by atoms with E-state index in [2.05, 4.69) is 26.8 Å². The Bertz CT molecular complexity index is 1150. The molecule has 3 aromatic rings. The molecule has 3 nitrogen and oxygen atoms in total. The van der Waals surface area contributed by atoms with Crippen molar-refractivity contribution in [2.24, 2.45) is 0 Å². The summed E-state index contributed by atoms with van der Waals surface area (Å²) in [6.45, 7) is 6.96. The van der Waals surface area contributed by atoms with Gasteiger partial charge in [-0.3, -0.25) is 9.59 Å². The first-order valence-corrected chi connectivity index (χ1v) is 11.5. The lowest BCUT2D eigenvalue weighted by Crippen LogP contribution is -2.28. The van der Waals surface area contributed by atoms with Gasteiger partial charge >= 0.3 is 0 Å². The first-order valence-electron chi connectivity index (χ1n) is 11.5. The molecule has 4 rings (SSSR count). The minimum absolute atomic E-state index is 0.0472. The summed E-state index contributed by atoms with van der Waals surface area (Å²) in [5.74, 6) is -0.526. The molecule has 0 saturated carbocycles. The molecule has 0 aliphatic carbocycles. The highest BCUT2D eigenvalue weighted by Crippen LogP contribution is 2.40. The van der Waals surface area contributed by atoms with Crippen LogP contribution in [-0.4, -0.2) is 23.0 Å². The second-order valence-electron chi connectivity index (χ2n) is 8.52. The predicted molar refractivity (Wildman–Crippen MR) is 133 cm³/mol. The lowest BCUT2D eigenvalue weighted by atomic mass is 9.76. The standard InChI is InChI=1S/C30H29NO2/c1-4-18-31-19-26(29(32)23-13-7-5-8-14-23)28(25-17-11-12-21(2)22(25)3)27(20-31)30(33)24-15-9-6-10-16-24/h5-17,19-20,28H,4,18H2,1-3H3. The Morgan fingerprint density at radius 3 is 1.73 bits per heavy atom. The van der Waals surface area contributed by atoms with Crippen molar-refractivity contribution in [2.45, 2.75) is 33.1 Å². The first-order chi connectivity index (χ1) is 16.0. The molecule has 3 aromatic carbocycles. The summed E-state index contributed by atoms with van der Waals surface area (Å²) in [6.07, 6.45) is 4.78. The van der Waals surface area contributed by atoms with Gasteiger partial charge < -0.3 is 4.90 Å². The van der Waals surface area contributed by atoms with E-state index in [1.165, 1.54) is 0 Å². The summed E-state index contributed by atoms with van der Waals surface area (Å²) >= 11 is 0. The third-order valence-corrected chi connectivity index (χ3v) is 6.27. The summed E-state index contributed by atoms with van der Waals surface area (Å²) in [6, 6.07) is 24.8. The largest absolute Gasteiger partial charge is 0.353 e. The number of aryl methyl sites for hydroxylation is 1. The van der Waals surface area contributed by atoms with Gasteiger partial charge in [0.15, 0.2) is 11.6 Å². The van der Waals surface area contributed by atoms with Gasteiger partial charge in [0.05, 0.1) is 0 Å². The molecule has 0 spiro atoms. The normalized spacial score (nSPS) is 14.0. The Balaban J connectivity index is 1.91. The summed E-state index contributed by atoms with van der Waals surface area (Å²) in [5, 5.41) is 0. The maximum atomic E-state index is 13.8. The van der Waals surface area contributed by atoms with Crippen LogP contribution in [0.2, 0.25) is 0 Å². The summed E-state index contributed by atoms with van der Waals surface area (Å²) in [5.41, 5.74) is 5.76. The molecule has 3 heteroatoms. The van der Waals surface area contributed by atoms with Gasteiger partial charge in [-0.1, -0.05) is 85.8 Å². The van der Waals surface area contributed by atoms with Crippen LogP contribution in [0.4, 0.5) is 0 Å². The fraction of sp³-hybridized carbons (Fsp3) is 0.200. The van der Waals surface area contributed by atoms with Crippen LogP contribution in [-0.2, 0) is 0 Å². The van der Waals surface area contributed by atoms with Crippen LogP contribution in [0.5, 0.6) is 0 Å². The molecule has 1 aliphatic rings. The molecule has 0 unspecified atom stereocenters. The lowest BCUT2D eigenvalue weighted by Gasteiger charge is -2.32. The van der Waals surface area contributed by atoms with E-state index < -0.39 is 5.92 Å². The number of ketones is 2. The second-order valence-corrected chi connectivity index (χ2v) is 8.52. The van der Waals surface area contributed by atoms with Crippen LogP contribution < -0.4 is 0 Å². The van der Waals surface area contributed by atoms with Gasteiger partial charge in [-0.05, 0) is 37.0 Å². The van der Waals surface area contributed by atoms with Gasteiger partial charge in [0.25, 0.3) is 0 Å². The zero-order chi connectivity index (χ0) is 23.4. The van der Waals surface area contributed by atoms with Crippen molar-refractivity contribution in [3.8, 4) is 0 Å². The van der Waals surface area contributed by atoms with E-state index >= 15 is 0 Å². The Hall–Kier alpha value is -3.72. The fourth-order valence-corrected chi connectivity index (χ4v) is 4.41. The fourth-order valence-electron chi connectivity index (χ4n) is 4.41. The number of nitrogens with zero attached hydrogens (tertiary/aromatic N) is 1. The second kappa shape index (κ2) is 9.83. The number of allylic oxidation sites excluding steroid dienone is 2. The molecule has 0 saturated heterocycles. The molecule has 0 atom stereocenters. The molecule has 0 bridgehead atoms. The Morgan fingerprint density at radius 1 is 0.727 bits per heavy atom. The van der Waals surface area contributed by atoms with Gasteiger partial charge in [-0.25, -0.2) is 0 Å². The summed E-state index contributed by atoms with van der Waals surface area (Å²) in [7, 11) is 0. The highest BCUT2D eigenvalue weighted by Gasteiger charge is 2.35. The molecule has 33 heavy (non-hydrogen) atoms. The van der Waals surface area contributed by atoms with Crippen molar-refractivity contribution in [1.82, 2.24) is 4.90 Å². The van der Waals surface area contributed by atoms with E-state index in [0.29, 0.717) is 22.3 Å². The molecule has 1 heterocycles. The summed E-state index contributed by atoms with van der Waals surface area (Å²) < 4.78 is 0. The van der Waals surface area contributed by atoms with Crippen molar-refractivity contribution in [2.75, 3.05) is 6.54 Å². The third kappa shape index (κ3) is 4.58. The third-order valence-electron chi connectivity index (χ3n) is 6.27. The van der Waals surface area contributed by atoms with Gasteiger partial charge in [0, 0.05) is 47.1 Å². The number of carbonyl (C=O) groups excluding carboxylic acids is 2. The van der Waals surface area contributed by atoms with Crippen molar-refractivity contribution in [1.29, 1.82) is 0 Å². The van der Waals surface area contributed by atoms with Crippen molar-refractivity contribution in [3.05, 3.63) is 130 Å². The van der Waals surface area contributed by atoms with Gasteiger partial charge in [-0.2, -0.15) is 0 Å². The van der Waals surface area contributed by atoms with Gasteiger partial charge in [0.2, 0.25) is 0 Å². The monoisotopic (exact) mass is 435 g/mol.